The number of hydrogen-bond donors (Lipinski definition) is 0. The van der Waals surface area contributed by atoms with E-state index in [2.05, 4.69) is 9.47 Å². The van der Waals surface area contributed by atoms with Crippen molar-refractivity contribution in [2.24, 2.45) is 0 Å². The fraction of sp³-hybridized carbons (Fsp3) is 0.500. The van der Waals surface area contributed by atoms with E-state index < -0.39 is 24.1 Å². The maximum absolute atomic E-state index is 10.6. The standard InChI is InChI=1S/C6H8O5.K.H/c1-10-5(8)3-4(7)6(9)11-2;;/h3H2,1-2H3;;. The number of methoxy groups -OCH3 is 2. The van der Waals surface area contributed by atoms with Crippen molar-refractivity contribution in [3.8, 4) is 0 Å². The second kappa shape index (κ2) is 7.87. The average molecular weight is 200 g/mol. The van der Waals surface area contributed by atoms with Gasteiger partial charge in [-0.05, 0) is 0 Å². The number of rotatable bonds is 3. The molecule has 0 aliphatic rings. The number of esters is 2. The maximum atomic E-state index is 10.6. The summed E-state index contributed by atoms with van der Waals surface area (Å²) in [4.78, 5) is 31.3. The third kappa shape index (κ3) is 5.84. The quantitative estimate of drug-likeness (QED) is 0.244. The molecule has 0 radical (unpaired) electrons. The molecule has 0 fully saturated rings. The van der Waals surface area contributed by atoms with E-state index in [1.807, 2.05) is 0 Å². The van der Waals surface area contributed by atoms with E-state index in [0.29, 0.717) is 0 Å². The Balaban J connectivity index is 0. The van der Waals surface area contributed by atoms with Crippen LogP contribution >= 0.6 is 0 Å². The summed E-state index contributed by atoms with van der Waals surface area (Å²) < 4.78 is 8.21. The zero-order valence-electron chi connectivity index (χ0n) is 6.25. The van der Waals surface area contributed by atoms with E-state index in [9.17, 15) is 14.4 Å². The summed E-state index contributed by atoms with van der Waals surface area (Å²) in [6.45, 7) is 0. The van der Waals surface area contributed by atoms with Crippen molar-refractivity contribution in [2.75, 3.05) is 14.2 Å². The average Bonchev–Trinajstić information content (AvgIpc) is 2.02. The SMILES string of the molecule is COC(=O)CC(=O)C(=O)OC.[KH]. The van der Waals surface area contributed by atoms with Gasteiger partial charge in [-0.2, -0.15) is 0 Å². The minimum absolute atomic E-state index is 0. The van der Waals surface area contributed by atoms with Gasteiger partial charge >= 0.3 is 63.3 Å². The van der Waals surface area contributed by atoms with Gasteiger partial charge in [0.05, 0.1) is 14.2 Å². The van der Waals surface area contributed by atoms with Crippen LogP contribution in [0.1, 0.15) is 6.42 Å². The Morgan fingerprint density at radius 3 is 1.92 bits per heavy atom. The monoisotopic (exact) mass is 200 g/mol. The van der Waals surface area contributed by atoms with Crippen molar-refractivity contribution in [2.45, 2.75) is 6.42 Å². The van der Waals surface area contributed by atoms with Crippen LogP contribution in [-0.4, -0.2) is 83.3 Å². The van der Waals surface area contributed by atoms with Gasteiger partial charge in [0.1, 0.15) is 6.42 Å². The molecule has 0 heterocycles. The molecule has 0 rings (SSSR count). The molecular weight excluding hydrogens is 191 g/mol. The van der Waals surface area contributed by atoms with Crippen LogP contribution in [-0.2, 0) is 23.9 Å². The van der Waals surface area contributed by atoms with E-state index in [0.717, 1.165) is 14.2 Å². The van der Waals surface area contributed by atoms with E-state index in [1.54, 1.807) is 0 Å². The molecule has 64 valence electrons. The molecule has 0 saturated carbocycles. The van der Waals surface area contributed by atoms with Gasteiger partial charge in [0, 0.05) is 0 Å². The molecule has 0 aromatic rings. The van der Waals surface area contributed by atoms with Gasteiger partial charge in [-0.3, -0.25) is 9.59 Å². The summed E-state index contributed by atoms with van der Waals surface area (Å²) in [6, 6.07) is 0. The predicted molar refractivity (Wildman–Crippen MR) is 40.8 cm³/mol. The first-order valence-corrected chi connectivity index (χ1v) is 2.79. The Morgan fingerprint density at radius 1 is 1.08 bits per heavy atom. The van der Waals surface area contributed by atoms with E-state index in [1.165, 1.54) is 0 Å². The zero-order chi connectivity index (χ0) is 8.85. The fourth-order valence-electron chi connectivity index (χ4n) is 0.389. The zero-order valence-corrected chi connectivity index (χ0v) is 6.25. The third-order valence-electron chi connectivity index (χ3n) is 0.946. The van der Waals surface area contributed by atoms with Crippen molar-refractivity contribution < 1.29 is 23.9 Å². The number of carbonyl (C=O) groups excluding carboxylic acids is 3. The van der Waals surface area contributed by atoms with Crippen LogP contribution < -0.4 is 0 Å². The summed E-state index contributed by atoms with van der Waals surface area (Å²) in [6.07, 6.45) is -0.566. The van der Waals surface area contributed by atoms with Gasteiger partial charge in [0.25, 0.3) is 5.78 Å². The summed E-state index contributed by atoms with van der Waals surface area (Å²) in [5.41, 5.74) is 0. The van der Waals surface area contributed by atoms with E-state index in [-0.39, 0.29) is 51.4 Å². The van der Waals surface area contributed by atoms with Crippen molar-refractivity contribution in [1.82, 2.24) is 0 Å². The first-order chi connectivity index (χ1) is 5.11. The summed E-state index contributed by atoms with van der Waals surface area (Å²) >= 11 is 0. The molecule has 6 heteroatoms. The number of carbonyl (C=O) groups is 3. The Morgan fingerprint density at radius 2 is 1.58 bits per heavy atom. The van der Waals surface area contributed by atoms with Crippen molar-refractivity contribution >= 4 is 69.1 Å². The van der Waals surface area contributed by atoms with Crippen LogP contribution in [0.25, 0.3) is 0 Å². The molecule has 5 nitrogen and oxygen atoms in total. The van der Waals surface area contributed by atoms with Gasteiger partial charge in [-0.25, -0.2) is 4.79 Å². The van der Waals surface area contributed by atoms with Crippen LogP contribution in [0.5, 0.6) is 0 Å². The molecule has 0 amide bonds. The molecular formula is C6H9KO5. The van der Waals surface area contributed by atoms with Crippen molar-refractivity contribution in [1.29, 1.82) is 0 Å². The van der Waals surface area contributed by atoms with Crippen LogP contribution in [0, 0.1) is 0 Å². The molecule has 0 atom stereocenters. The normalized spacial score (nSPS) is 7.83. The molecule has 0 N–H and O–H groups in total. The van der Waals surface area contributed by atoms with Gasteiger partial charge in [-0.15, -0.1) is 0 Å². The molecule has 12 heavy (non-hydrogen) atoms. The molecule has 0 aliphatic carbocycles. The molecule has 0 aliphatic heterocycles. The van der Waals surface area contributed by atoms with Gasteiger partial charge in [0.2, 0.25) is 0 Å². The summed E-state index contributed by atoms with van der Waals surface area (Å²) in [7, 11) is 2.20. The molecule has 0 unspecified atom stereocenters. The van der Waals surface area contributed by atoms with Gasteiger partial charge < -0.3 is 9.47 Å². The van der Waals surface area contributed by atoms with Crippen LogP contribution in [0.15, 0.2) is 0 Å². The van der Waals surface area contributed by atoms with Crippen LogP contribution in [0.2, 0.25) is 0 Å². The number of ether oxygens (including phenoxy) is 2. The summed E-state index contributed by atoms with van der Waals surface area (Å²) in [5, 5.41) is 0. The fourth-order valence-corrected chi connectivity index (χ4v) is 0.389. The topological polar surface area (TPSA) is 69.7 Å². The summed E-state index contributed by atoms with van der Waals surface area (Å²) in [5.74, 6) is -2.69. The van der Waals surface area contributed by atoms with Crippen molar-refractivity contribution in [3.63, 3.8) is 0 Å². The Bertz CT molecular complexity index is 188. The first kappa shape index (κ1) is 14.8. The predicted octanol–water partition coefficient (Wildman–Crippen LogP) is -1.36. The Hall–Kier alpha value is 0.246. The van der Waals surface area contributed by atoms with Gasteiger partial charge in [0.15, 0.2) is 0 Å². The van der Waals surface area contributed by atoms with Crippen LogP contribution in [0.4, 0.5) is 0 Å². The first-order valence-electron chi connectivity index (χ1n) is 2.79. The Labute approximate surface area is 112 Å². The molecule has 0 spiro atoms. The van der Waals surface area contributed by atoms with Gasteiger partial charge in [-0.1, -0.05) is 0 Å². The number of hydrogen-bond acceptors (Lipinski definition) is 5. The minimum atomic E-state index is -1.03. The number of ketones is 1. The van der Waals surface area contributed by atoms with Crippen molar-refractivity contribution in [3.05, 3.63) is 0 Å². The number of Topliss-reactive ketones (excluding diaryl/α,β-unsaturated/α-hetero) is 1. The Kier molecular flexibility index (Phi) is 9.68. The molecule has 0 bridgehead atoms. The molecule has 0 aromatic heterocycles. The van der Waals surface area contributed by atoms with Crippen LogP contribution in [0.3, 0.4) is 0 Å². The van der Waals surface area contributed by atoms with E-state index in [4.69, 9.17) is 0 Å². The second-order valence-electron chi connectivity index (χ2n) is 1.67. The van der Waals surface area contributed by atoms with E-state index >= 15 is 0 Å². The second-order valence-corrected chi connectivity index (χ2v) is 1.67. The molecule has 0 saturated heterocycles. The molecule has 0 aromatic carbocycles. The third-order valence-corrected chi connectivity index (χ3v) is 0.946.